The first-order valence-electron chi connectivity index (χ1n) is 23.1. The fraction of sp³-hybridized carbons (Fsp3) is 0.0312. The van der Waals surface area contributed by atoms with Crippen LogP contribution in [-0.4, -0.2) is 4.57 Å². The molecule has 2 aromatic heterocycles. The van der Waals surface area contributed by atoms with Gasteiger partial charge in [-0.05, 0) is 131 Å². The van der Waals surface area contributed by atoms with E-state index in [1.54, 1.807) is 0 Å². The lowest BCUT2D eigenvalue weighted by molar-refractivity contribution is 0.967. The lowest BCUT2D eigenvalue weighted by Crippen LogP contribution is -1.99. The zero-order chi connectivity index (χ0) is 43.3. The predicted molar refractivity (Wildman–Crippen MR) is 285 cm³/mol. The highest BCUT2D eigenvalue weighted by atomic mass is 32.1. The Kier molecular flexibility index (Phi) is 8.35. The van der Waals surface area contributed by atoms with Crippen molar-refractivity contribution in [1.82, 2.24) is 4.57 Å². The third-order valence-corrected chi connectivity index (χ3v) is 15.4. The van der Waals surface area contributed by atoms with Crippen molar-refractivity contribution in [3.05, 3.63) is 230 Å². The summed E-state index contributed by atoms with van der Waals surface area (Å²) < 4.78 is 5.09. The number of thiophene rings is 1. The van der Waals surface area contributed by atoms with Gasteiger partial charge in [-0.2, -0.15) is 0 Å². The first-order chi connectivity index (χ1) is 32.8. The molecule has 66 heavy (non-hydrogen) atoms. The minimum atomic E-state index is 1.06. The third-order valence-electron chi connectivity index (χ3n) is 14.2. The van der Waals surface area contributed by atoms with Gasteiger partial charge in [-0.3, -0.25) is 0 Å². The van der Waals surface area contributed by atoms with Crippen molar-refractivity contribution in [2.45, 2.75) is 12.8 Å². The molecule has 14 rings (SSSR count). The fourth-order valence-corrected chi connectivity index (χ4v) is 12.8. The maximum absolute atomic E-state index is 2.47. The number of fused-ring (bicyclic) bond motifs is 10. The molecular formula is C64H41NS. The lowest BCUT2D eigenvalue weighted by atomic mass is 9.84. The lowest BCUT2D eigenvalue weighted by Gasteiger charge is -2.19. The first-order valence-corrected chi connectivity index (χ1v) is 23.9. The molecule has 2 heterocycles. The molecule has 13 aromatic rings. The standard InChI is InChI=1S/C64H41NS/c1-3-19-40(20-4-1)59-45-24-7-13-30-51(45)62(52-31-14-8-25-46(52)59)54-33-17-34-55-63-53(32-18-36-58(63)66-64(54)55)61-49-28-11-9-26-47(49)60(48-27-10-12-29-50(48)61)41-37-38-44-43-23-15-16-35-56(43)65(57(44)39-41)42-21-5-2-6-22-42/h1-14,16-22,24-39H,15,23H2. The molecule has 1 aliphatic carbocycles. The van der Waals surface area contributed by atoms with Crippen molar-refractivity contribution < 1.29 is 0 Å². The fourth-order valence-electron chi connectivity index (χ4n) is 11.6. The second kappa shape index (κ2) is 14.8. The molecule has 0 atom stereocenters. The zero-order valence-corrected chi connectivity index (χ0v) is 36.9. The Labute approximate surface area is 386 Å². The van der Waals surface area contributed by atoms with Crippen LogP contribution in [0.2, 0.25) is 0 Å². The van der Waals surface area contributed by atoms with E-state index in [1.807, 2.05) is 11.3 Å². The van der Waals surface area contributed by atoms with Gasteiger partial charge < -0.3 is 4.57 Å². The SMILES string of the molecule is C1=Cc2c(c3ccc(-c4c5ccccc5c(-c5cccc6sc7c(-c8c9ccccc9c(-c9ccccc9)c9ccccc89)cccc7c56)c5ccccc45)cc3n2-c2ccccc2)CC1. The van der Waals surface area contributed by atoms with Gasteiger partial charge in [0, 0.05) is 42.5 Å². The average Bonchev–Trinajstić information content (AvgIpc) is 3.94. The van der Waals surface area contributed by atoms with E-state index in [1.165, 1.54) is 136 Å². The van der Waals surface area contributed by atoms with Crippen molar-refractivity contribution in [2.24, 2.45) is 0 Å². The molecule has 1 aliphatic rings. The van der Waals surface area contributed by atoms with Crippen molar-refractivity contribution in [3.63, 3.8) is 0 Å². The van der Waals surface area contributed by atoms with Gasteiger partial charge in [0.15, 0.2) is 0 Å². The molecule has 0 N–H and O–H groups in total. The smallest absolute Gasteiger partial charge is 0.0543 e. The number of hydrogen-bond acceptors (Lipinski definition) is 1. The van der Waals surface area contributed by atoms with E-state index in [2.05, 4.69) is 229 Å². The van der Waals surface area contributed by atoms with Crippen molar-refractivity contribution in [2.75, 3.05) is 0 Å². The van der Waals surface area contributed by atoms with Gasteiger partial charge in [0.25, 0.3) is 0 Å². The second-order valence-corrected chi connectivity index (χ2v) is 18.8. The van der Waals surface area contributed by atoms with Crippen LogP contribution in [0.25, 0.3) is 130 Å². The van der Waals surface area contributed by atoms with E-state index in [9.17, 15) is 0 Å². The maximum atomic E-state index is 2.47. The molecular weight excluding hydrogens is 815 g/mol. The van der Waals surface area contributed by atoms with Crippen molar-refractivity contribution in [1.29, 1.82) is 0 Å². The molecule has 308 valence electrons. The average molecular weight is 856 g/mol. The summed E-state index contributed by atoms with van der Waals surface area (Å²) in [6, 6.07) is 79.2. The zero-order valence-electron chi connectivity index (χ0n) is 36.1. The van der Waals surface area contributed by atoms with Crippen molar-refractivity contribution in [3.8, 4) is 50.2 Å². The Morgan fingerprint density at radius 1 is 0.379 bits per heavy atom. The molecule has 0 bridgehead atoms. The molecule has 11 aromatic carbocycles. The summed E-state index contributed by atoms with van der Waals surface area (Å²) >= 11 is 1.93. The Bertz CT molecular complexity index is 4030. The Balaban J connectivity index is 1.03. The summed E-state index contributed by atoms with van der Waals surface area (Å²) in [6.45, 7) is 0. The quantitative estimate of drug-likeness (QED) is 0.152. The van der Waals surface area contributed by atoms with Crippen LogP contribution in [0.15, 0.2) is 218 Å². The van der Waals surface area contributed by atoms with Gasteiger partial charge in [0.05, 0.1) is 5.52 Å². The van der Waals surface area contributed by atoms with Crippen LogP contribution >= 0.6 is 11.3 Å². The molecule has 0 amide bonds. The number of aryl methyl sites for hydroxylation is 1. The Morgan fingerprint density at radius 3 is 1.50 bits per heavy atom. The molecule has 0 aliphatic heterocycles. The van der Waals surface area contributed by atoms with E-state index in [0.29, 0.717) is 0 Å². The molecule has 0 saturated heterocycles. The summed E-state index contributed by atoms with van der Waals surface area (Å²) in [5.74, 6) is 0. The van der Waals surface area contributed by atoms with Crippen LogP contribution in [-0.2, 0) is 6.42 Å². The Hall–Kier alpha value is -8.04. The molecule has 0 fully saturated rings. The number of benzene rings is 11. The minimum absolute atomic E-state index is 1.06. The molecule has 1 nitrogen and oxygen atoms in total. The van der Waals surface area contributed by atoms with Crippen LogP contribution < -0.4 is 0 Å². The van der Waals surface area contributed by atoms with Crippen molar-refractivity contribution >= 4 is 91.6 Å². The van der Waals surface area contributed by atoms with Crippen LogP contribution in [0.1, 0.15) is 17.7 Å². The Morgan fingerprint density at radius 2 is 0.879 bits per heavy atom. The molecule has 0 radical (unpaired) electrons. The largest absolute Gasteiger partial charge is 0.310 e. The normalized spacial score (nSPS) is 12.7. The number of rotatable bonds is 5. The van der Waals surface area contributed by atoms with Gasteiger partial charge in [-0.15, -0.1) is 11.3 Å². The summed E-state index contributed by atoms with van der Waals surface area (Å²) in [7, 11) is 0. The highest BCUT2D eigenvalue weighted by molar-refractivity contribution is 7.26. The molecule has 2 heteroatoms. The van der Waals surface area contributed by atoms with E-state index in [-0.39, 0.29) is 0 Å². The summed E-state index contributed by atoms with van der Waals surface area (Å²) in [6.07, 6.45) is 6.78. The monoisotopic (exact) mass is 855 g/mol. The predicted octanol–water partition coefficient (Wildman–Crippen LogP) is 18.2. The highest BCUT2D eigenvalue weighted by Gasteiger charge is 2.24. The van der Waals surface area contributed by atoms with E-state index >= 15 is 0 Å². The number of hydrogen-bond donors (Lipinski definition) is 0. The molecule has 0 unspecified atom stereocenters. The summed E-state index contributed by atoms with van der Waals surface area (Å²) in [5.41, 5.74) is 15.4. The number of allylic oxidation sites excluding steroid dienone is 1. The van der Waals surface area contributed by atoms with Gasteiger partial charge >= 0.3 is 0 Å². The van der Waals surface area contributed by atoms with Crippen LogP contribution in [0.3, 0.4) is 0 Å². The minimum Gasteiger partial charge on any atom is -0.310 e. The van der Waals surface area contributed by atoms with Gasteiger partial charge in [-0.1, -0.05) is 194 Å². The number of nitrogens with zero attached hydrogens (tertiary/aromatic N) is 1. The van der Waals surface area contributed by atoms with E-state index in [0.717, 1.165) is 12.8 Å². The van der Waals surface area contributed by atoms with Crippen LogP contribution in [0.4, 0.5) is 0 Å². The van der Waals surface area contributed by atoms with Crippen LogP contribution in [0.5, 0.6) is 0 Å². The van der Waals surface area contributed by atoms with Gasteiger partial charge in [0.2, 0.25) is 0 Å². The van der Waals surface area contributed by atoms with Gasteiger partial charge in [-0.25, -0.2) is 0 Å². The second-order valence-electron chi connectivity index (χ2n) is 17.7. The summed E-state index contributed by atoms with van der Waals surface area (Å²) in [4.78, 5) is 0. The summed E-state index contributed by atoms with van der Waals surface area (Å²) in [5, 5.41) is 14.1. The van der Waals surface area contributed by atoms with E-state index in [4.69, 9.17) is 0 Å². The molecule has 0 spiro atoms. The first kappa shape index (κ1) is 37.3. The number of aromatic nitrogens is 1. The third kappa shape index (κ3) is 5.46. The number of para-hydroxylation sites is 1. The highest BCUT2D eigenvalue weighted by Crippen LogP contribution is 2.52. The maximum Gasteiger partial charge on any atom is 0.0543 e. The van der Waals surface area contributed by atoms with Crippen LogP contribution in [0, 0.1) is 0 Å². The topological polar surface area (TPSA) is 4.93 Å². The van der Waals surface area contributed by atoms with E-state index < -0.39 is 0 Å². The molecule has 0 saturated carbocycles. The van der Waals surface area contributed by atoms with Gasteiger partial charge in [0.1, 0.15) is 0 Å².